The van der Waals surface area contributed by atoms with Gasteiger partial charge < -0.3 is 19.7 Å². The molecule has 3 aromatic carbocycles. The van der Waals surface area contributed by atoms with E-state index in [1.165, 1.54) is 70.6 Å². The normalized spacial score (nSPS) is 16.4. The summed E-state index contributed by atoms with van der Waals surface area (Å²) >= 11 is 0. The van der Waals surface area contributed by atoms with Crippen molar-refractivity contribution in [1.82, 2.24) is 0 Å². The molecular formula is C50H71FO5. The Morgan fingerprint density at radius 1 is 0.821 bits per heavy atom. The van der Waals surface area contributed by atoms with E-state index < -0.39 is 11.4 Å². The summed E-state index contributed by atoms with van der Waals surface area (Å²) in [5, 5.41) is 19.4. The van der Waals surface area contributed by atoms with Crippen LogP contribution < -0.4 is 4.74 Å². The Morgan fingerprint density at radius 2 is 1.48 bits per heavy atom. The van der Waals surface area contributed by atoms with Crippen molar-refractivity contribution in [2.45, 2.75) is 143 Å². The molecule has 3 aromatic rings. The topological polar surface area (TPSA) is 76.0 Å². The zero-order valence-electron chi connectivity index (χ0n) is 35.3. The summed E-state index contributed by atoms with van der Waals surface area (Å²) < 4.78 is 27.6. The Labute approximate surface area is 338 Å². The third-order valence-corrected chi connectivity index (χ3v) is 12.3. The van der Waals surface area contributed by atoms with E-state index >= 15 is 4.39 Å². The Hall–Kier alpha value is -3.48. The van der Waals surface area contributed by atoms with Crippen LogP contribution in [0.3, 0.4) is 0 Å². The van der Waals surface area contributed by atoms with Crippen LogP contribution in [0.4, 0.5) is 4.39 Å². The summed E-state index contributed by atoms with van der Waals surface area (Å²) in [7, 11) is 0. The Bertz CT molecular complexity index is 1670. The molecule has 308 valence electrons. The maximum atomic E-state index is 16.0. The number of ether oxygens (including phenoxy) is 2. The SMILES string of the molecule is C=C(C)C(=O)OCCc1cc(-c2ccc(-c3ccc(C4CCC(C(CCC)CCCCCCCC)CC4)cc3F)cc2CC)ccc1OCCC(C)(CO)CO. The van der Waals surface area contributed by atoms with Gasteiger partial charge in [-0.2, -0.15) is 0 Å². The maximum Gasteiger partial charge on any atom is 0.333 e. The van der Waals surface area contributed by atoms with Gasteiger partial charge in [-0.15, -0.1) is 0 Å². The highest BCUT2D eigenvalue weighted by molar-refractivity contribution is 5.86. The number of aryl methyl sites for hydroxylation is 1. The quantitative estimate of drug-likeness (QED) is 0.0539. The van der Waals surface area contributed by atoms with Crippen LogP contribution in [0, 0.1) is 23.1 Å². The molecule has 0 bridgehead atoms. The molecule has 0 spiro atoms. The molecule has 1 saturated carbocycles. The Morgan fingerprint density at radius 3 is 2.14 bits per heavy atom. The predicted molar refractivity (Wildman–Crippen MR) is 230 cm³/mol. The van der Waals surface area contributed by atoms with Crippen molar-refractivity contribution < 1.29 is 28.9 Å². The highest BCUT2D eigenvalue weighted by atomic mass is 19.1. The Balaban J connectivity index is 1.46. The number of rotatable bonds is 24. The maximum absolute atomic E-state index is 16.0. The number of hydrogen-bond acceptors (Lipinski definition) is 5. The van der Waals surface area contributed by atoms with Crippen LogP contribution in [0.25, 0.3) is 22.3 Å². The largest absolute Gasteiger partial charge is 0.493 e. The van der Waals surface area contributed by atoms with Crippen LogP contribution in [0.2, 0.25) is 0 Å². The van der Waals surface area contributed by atoms with Crippen molar-refractivity contribution in [3.8, 4) is 28.0 Å². The molecule has 0 aliphatic heterocycles. The molecule has 0 saturated heterocycles. The minimum Gasteiger partial charge on any atom is -0.493 e. The lowest BCUT2D eigenvalue weighted by molar-refractivity contribution is -0.138. The molecule has 0 amide bonds. The van der Waals surface area contributed by atoms with Gasteiger partial charge in [0.25, 0.3) is 0 Å². The summed E-state index contributed by atoms with van der Waals surface area (Å²) in [6.07, 6.45) is 18.7. The smallest absolute Gasteiger partial charge is 0.333 e. The van der Waals surface area contributed by atoms with Gasteiger partial charge in [-0.25, -0.2) is 9.18 Å². The lowest BCUT2D eigenvalue weighted by Gasteiger charge is -2.34. The van der Waals surface area contributed by atoms with Gasteiger partial charge in [-0.1, -0.05) is 128 Å². The first-order chi connectivity index (χ1) is 27.1. The highest BCUT2D eigenvalue weighted by Gasteiger charge is 2.28. The first kappa shape index (κ1) is 45.2. The molecule has 1 aliphatic carbocycles. The minimum absolute atomic E-state index is 0.140. The van der Waals surface area contributed by atoms with Gasteiger partial charge in [0.15, 0.2) is 0 Å². The second kappa shape index (κ2) is 23.1. The van der Waals surface area contributed by atoms with Crippen LogP contribution >= 0.6 is 0 Å². The van der Waals surface area contributed by atoms with Crippen LogP contribution in [-0.4, -0.2) is 42.6 Å². The van der Waals surface area contributed by atoms with E-state index in [1.54, 1.807) is 13.0 Å². The van der Waals surface area contributed by atoms with E-state index in [-0.39, 0.29) is 25.6 Å². The summed E-state index contributed by atoms with van der Waals surface area (Å²) in [4.78, 5) is 12.1. The van der Waals surface area contributed by atoms with Gasteiger partial charge in [-0.05, 0) is 115 Å². The number of aliphatic hydroxyl groups excluding tert-OH is 2. The van der Waals surface area contributed by atoms with Crippen molar-refractivity contribution in [2.75, 3.05) is 26.4 Å². The molecular weight excluding hydrogens is 700 g/mol. The van der Waals surface area contributed by atoms with Gasteiger partial charge in [0.05, 0.1) is 26.4 Å². The molecule has 0 aromatic heterocycles. The number of carbonyl (C=O) groups excluding carboxylic acids is 1. The average Bonchev–Trinajstić information content (AvgIpc) is 3.21. The minimum atomic E-state index is -0.640. The summed E-state index contributed by atoms with van der Waals surface area (Å²) in [5.74, 6) is 2.17. The zero-order chi connectivity index (χ0) is 40.5. The Kier molecular flexibility index (Phi) is 18.6. The van der Waals surface area contributed by atoms with E-state index in [2.05, 4.69) is 51.6 Å². The highest BCUT2D eigenvalue weighted by Crippen LogP contribution is 2.42. The fourth-order valence-corrected chi connectivity index (χ4v) is 8.53. The average molecular weight is 771 g/mol. The van der Waals surface area contributed by atoms with Crippen LogP contribution in [-0.2, 0) is 22.4 Å². The molecule has 1 aliphatic rings. The van der Waals surface area contributed by atoms with E-state index in [9.17, 15) is 15.0 Å². The fourth-order valence-electron chi connectivity index (χ4n) is 8.53. The fraction of sp³-hybridized carbons (Fsp3) is 0.580. The van der Waals surface area contributed by atoms with Gasteiger partial charge in [-0.3, -0.25) is 0 Å². The molecule has 4 rings (SSSR count). The molecule has 5 nitrogen and oxygen atoms in total. The number of aliphatic hydroxyl groups is 2. The van der Waals surface area contributed by atoms with Crippen molar-refractivity contribution in [3.05, 3.63) is 89.3 Å². The van der Waals surface area contributed by atoms with Crippen LogP contribution in [0.5, 0.6) is 5.75 Å². The van der Waals surface area contributed by atoms with E-state index in [1.807, 2.05) is 31.2 Å². The molecule has 2 N–H and O–H groups in total. The van der Waals surface area contributed by atoms with E-state index in [0.29, 0.717) is 42.3 Å². The molecule has 1 fully saturated rings. The third-order valence-electron chi connectivity index (χ3n) is 12.3. The van der Waals surface area contributed by atoms with Crippen molar-refractivity contribution >= 4 is 5.97 Å². The standard InChI is InChI=1S/C50H71FO5/c1-7-10-11-12-13-14-16-38(15-8-2)39-17-19-40(20-18-39)41-21-25-46(47(51)33-41)43-22-24-45(37(9-3)31-43)42-23-26-48(55-30-28-50(6,34-52)35-53)44(32-42)27-29-56-49(54)36(4)5/h21-26,31-33,38-40,52-53H,4,7-20,27-30,34-35H2,1-3,5-6H3. The second-order valence-electron chi connectivity index (χ2n) is 16.9. The first-order valence-electron chi connectivity index (χ1n) is 21.8. The van der Waals surface area contributed by atoms with Crippen LogP contribution in [0.1, 0.15) is 147 Å². The van der Waals surface area contributed by atoms with Gasteiger partial charge in [0, 0.05) is 23.0 Å². The monoisotopic (exact) mass is 771 g/mol. The summed E-state index contributed by atoms with van der Waals surface area (Å²) in [5.41, 5.74) is 6.40. The molecule has 56 heavy (non-hydrogen) atoms. The van der Waals surface area contributed by atoms with Crippen molar-refractivity contribution in [1.29, 1.82) is 0 Å². The van der Waals surface area contributed by atoms with Gasteiger partial charge in [0.1, 0.15) is 11.6 Å². The first-order valence-corrected chi connectivity index (χ1v) is 21.8. The molecule has 1 atom stereocenters. The summed E-state index contributed by atoms with van der Waals surface area (Å²) in [6, 6.07) is 18.2. The van der Waals surface area contributed by atoms with Gasteiger partial charge in [0.2, 0.25) is 0 Å². The van der Waals surface area contributed by atoms with E-state index in [0.717, 1.165) is 64.5 Å². The third kappa shape index (κ3) is 13.0. The number of hydrogen-bond donors (Lipinski definition) is 2. The van der Waals surface area contributed by atoms with Crippen molar-refractivity contribution in [3.63, 3.8) is 0 Å². The number of halogens is 1. The number of carbonyl (C=O) groups is 1. The predicted octanol–water partition coefficient (Wildman–Crippen LogP) is 12.6. The number of esters is 1. The van der Waals surface area contributed by atoms with Crippen LogP contribution in [0.15, 0.2) is 66.7 Å². The lowest BCUT2D eigenvalue weighted by Crippen LogP contribution is -2.28. The lowest BCUT2D eigenvalue weighted by atomic mass is 9.71. The van der Waals surface area contributed by atoms with E-state index in [4.69, 9.17) is 9.47 Å². The second-order valence-corrected chi connectivity index (χ2v) is 16.9. The molecule has 6 heteroatoms. The van der Waals surface area contributed by atoms with Crippen molar-refractivity contribution in [2.24, 2.45) is 17.3 Å². The van der Waals surface area contributed by atoms with Gasteiger partial charge >= 0.3 is 5.97 Å². The molecule has 1 unspecified atom stereocenters. The number of benzene rings is 3. The molecule has 0 heterocycles. The number of unbranched alkanes of at least 4 members (excludes halogenated alkanes) is 5. The molecule has 0 radical (unpaired) electrons. The summed E-state index contributed by atoms with van der Waals surface area (Å²) in [6.45, 7) is 14.1. The zero-order valence-corrected chi connectivity index (χ0v) is 35.3.